The maximum atomic E-state index is 12.3. The lowest BCUT2D eigenvalue weighted by Gasteiger charge is -2.30. The van der Waals surface area contributed by atoms with Gasteiger partial charge in [-0.05, 0) is 57.2 Å². The Morgan fingerprint density at radius 1 is 1.09 bits per heavy atom. The highest BCUT2D eigenvalue weighted by atomic mass is 16.5. The number of likely N-dealkylation sites (tertiary alicyclic amines) is 1. The molecule has 5 heteroatoms. The minimum Gasteiger partial charge on any atom is -0.378 e. The van der Waals surface area contributed by atoms with E-state index in [1.54, 1.807) is 0 Å². The van der Waals surface area contributed by atoms with Crippen molar-refractivity contribution in [3.05, 3.63) is 29.8 Å². The lowest BCUT2D eigenvalue weighted by Crippen LogP contribution is -2.43. The number of morpholine rings is 1. The minimum absolute atomic E-state index is 0.0445. The topological polar surface area (TPSA) is 44.8 Å². The highest BCUT2D eigenvalue weighted by Gasteiger charge is 2.19. The summed E-state index contributed by atoms with van der Waals surface area (Å²) in [5.74, 6) is 0.0445. The monoisotopic (exact) mass is 303 g/mol. The third-order valence-electron chi connectivity index (χ3n) is 4.56. The van der Waals surface area contributed by atoms with Crippen LogP contribution in [0.5, 0.6) is 0 Å². The standard InChI is InChI=1S/C17H25N3O2/c1-19-8-6-15(7-9-19)18-17(21)14-2-4-16(5-3-14)20-10-12-22-13-11-20/h2-5,15H,6-13H2,1H3,(H,18,21). The number of carbonyl (C=O) groups is 1. The second-order valence-corrected chi connectivity index (χ2v) is 6.20. The summed E-state index contributed by atoms with van der Waals surface area (Å²) in [6.45, 7) is 5.50. The van der Waals surface area contributed by atoms with Gasteiger partial charge in [0.1, 0.15) is 0 Å². The highest BCUT2D eigenvalue weighted by Crippen LogP contribution is 2.17. The van der Waals surface area contributed by atoms with Gasteiger partial charge in [0.15, 0.2) is 0 Å². The summed E-state index contributed by atoms with van der Waals surface area (Å²) >= 11 is 0. The molecule has 2 fully saturated rings. The first-order valence-electron chi connectivity index (χ1n) is 8.14. The molecule has 2 saturated heterocycles. The van der Waals surface area contributed by atoms with E-state index in [1.807, 2.05) is 24.3 Å². The van der Waals surface area contributed by atoms with E-state index in [0.29, 0.717) is 6.04 Å². The van der Waals surface area contributed by atoms with Gasteiger partial charge < -0.3 is 19.9 Å². The predicted molar refractivity (Wildman–Crippen MR) is 87.5 cm³/mol. The fourth-order valence-electron chi connectivity index (χ4n) is 3.07. The van der Waals surface area contributed by atoms with Crippen molar-refractivity contribution >= 4 is 11.6 Å². The molecule has 2 heterocycles. The van der Waals surface area contributed by atoms with Crippen molar-refractivity contribution in [2.45, 2.75) is 18.9 Å². The molecule has 2 aliphatic rings. The zero-order chi connectivity index (χ0) is 15.4. The maximum absolute atomic E-state index is 12.3. The van der Waals surface area contributed by atoms with Crippen molar-refractivity contribution in [3.8, 4) is 0 Å². The quantitative estimate of drug-likeness (QED) is 0.915. The van der Waals surface area contributed by atoms with Crippen molar-refractivity contribution in [1.29, 1.82) is 0 Å². The average molecular weight is 303 g/mol. The van der Waals surface area contributed by atoms with Gasteiger partial charge in [-0.1, -0.05) is 0 Å². The molecule has 22 heavy (non-hydrogen) atoms. The Kier molecular flexibility index (Phi) is 4.95. The number of ether oxygens (including phenoxy) is 1. The molecule has 2 aliphatic heterocycles. The molecule has 1 aromatic carbocycles. The van der Waals surface area contributed by atoms with Gasteiger partial charge in [-0.15, -0.1) is 0 Å². The van der Waals surface area contributed by atoms with E-state index in [2.05, 4.69) is 22.2 Å². The number of piperidine rings is 1. The summed E-state index contributed by atoms with van der Waals surface area (Å²) in [5.41, 5.74) is 1.91. The van der Waals surface area contributed by atoms with Gasteiger partial charge in [0.2, 0.25) is 0 Å². The van der Waals surface area contributed by atoms with Crippen LogP contribution < -0.4 is 10.2 Å². The Hall–Kier alpha value is -1.59. The van der Waals surface area contributed by atoms with E-state index in [0.717, 1.165) is 57.8 Å². The molecule has 1 aromatic rings. The van der Waals surface area contributed by atoms with E-state index in [9.17, 15) is 4.79 Å². The number of nitrogens with zero attached hydrogens (tertiary/aromatic N) is 2. The summed E-state index contributed by atoms with van der Waals surface area (Å²) in [4.78, 5) is 16.9. The summed E-state index contributed by atoms with van der Waals surface area (Å²) in [6, 6.07) is 8.23. The largest absolute Gasteiger partial charge is 0.378 e. The number of hydrogen-bond donors (Lipinski definition) is 1. The molecule has 0 aromatic heterocycles. The molecule has 0 bridgehead atoms. The lowest BCUT2D eigenvalue weighted by molar-refractivity contribution is 0.0917. The molecule has 1 N–H and O–H groups in total. The fourth-order valence-corrected chi connectivity index (χ4v) is 3.07. The van der Waals surface area contributed by atoms with Gasteiger partial charge >= 0.3 is 0 Å². The Bertz CT molecular complexity index is 489. The zero-order valence-electron chi connectivity index (χ0n) is 13.3. The van der Waals surface area contributed by atoms with Crippen molar-refractivity contribution in [1.82, 2.24) is 10.2 Å². The number of hydrogen-bond acceptors (Lipinski definition) is 4. The molecule has 0 spiro atoms. The average Bonchev–Trinajstić information content (AvgIpc) is 2.58. The molecule has 5 nitrogen and oxygen atoms in total. The van der Waals surface area contributed by atoms with E-state index in [1.165, 1.54) is 5.69 Å². The Morgan fingerprint density at radius 3 is 2.36 bits per heavy atom. The van der Waals surface area contributed by atoms with Crippen LogP contribution in [0.25, 0.3) is 0 Å². The first kappa shape index (κ1) is 15.3. The molecule has 1 amide bonds. The molecule has 120 valence electrons. The first-order valence-corrected chi connectivity index (χ1v) is 8.14. The normalized spacial score (nSPS) is 20.9. The maximum Gasteiger partial charge on any atom is 0.251 e. The third kappa shape index (κ3) is 3.78. The van der Waals surface area contributed by atoms with Gasteiger partial charge in [0, 0.05) is 30.4 Å². The van der Waals surface area contributed by atoms with Crippen LogP contribution in [0.3, 0.4) is 0 Å². The molecule has 0 radical (unpaired) electrons. The summed E-state index contributed by atoms with van der Waals surface area (Å²) in [7, 11) is 2.13. The molecule has 3 rings (SSSR count). The summed E-state index contributed by atoms with van der Waals surface area (Å²) < 4.78 is 5.37. The Morgan fingerprint density at radius 2 is 1.73 bits per heavy atom. The number of rotatable bonds is 3. The van der Waals surface area contributed by atoms with Crippen molar-refractivity contribution in [3.63, 3.8) is 0 Å². The van der Waals surface area contributed by atoms with Crippen LogP contribution in [0.4, 0.5) is 5.69 Å². The molecular formula is C17H25N3O2. The number of nitrogens with one attached hydrogen (secondary N) is 1. The Labute approximate surface area is 132 Å². The molecular weight excluding hydrogens is 278 g/mol. The minimum atomic E-state index is 0.0445. The van der Waals surface area contributed by atoms with E-state index >= 15 is 0 Å². The number of carbonyl (C=O) groups excluding carboxylic acids is 1. The van der Waals surface area contributed by atoms with E-state index < -0.39 is 0 Å². The summed E-state index contributed by atoms with van der Waals surface area (Å²) in [6.07, 6.45) is 2.07. The van der Waals surface area contributed by atoms with Gasteiger partial charge in [0.05, 0.1) is 13.2 Å². The number of benzene rings is 1. The first-order chi connectivity index (χ1) is 10.7. The van der Waals surface area contributed by atoms with Crippen LogP contribution in [-0.4, -0.2) is 63.3 Å². The SMILES string of the molecule is CN1CCC(NC(=O)c2ccc(N3CCOCC3)cc2)CC1. The second-order valence-electron chi connectivity index (χ2n) is 6.20. The van der Waals surface area contributed by atoms with Gasteiger partial charge in [-0.3, -0.25) is 4.79 Å². The fraction of sp³-hybridized carbons (Fsp3) is 0.588. The molecule has 0 aliphatic carbocycles. The van der Waals surface area contributed by atoms with Gasteiger partial charge in [-0.2, -0.15) is 0 Å². The van der Waals surface area contributed by atoms with E-state index in [4.69, 9.17) is 4.74 Å². The molecule has 0 saturated carbocycles. The van der Waals surface area contributed by atoms with Crippen molar-refractivity contribution < 1.29 is 9.53 Å². The lowest BCUT2D eigenvalue weighted by atomic mass is 10.0. The third-order valence-corrected chi connectivity index (χ3v) is 4.56. The van der Waals surface area contributed by atoms with Crippen LogP contribution in [0.15, 0.2) is 24.3 Å². The zero-order valence-corrected chi connectivity index (χ0v) is 13.3. The van der Waals surface area contributed by atoms with E-state index in [-0.39, 0.29) is 5.91 Å². The van der Waals surface area contributed by atoms with Crippen LogP contribution in [0, 0.1) is 0 Å². The van der Waals surface area contributed by atoms with Gasteiger partial charge in [-0.25, -0.2) is 0 Å². The molecule has 0 unspecified atom stereocenters. The highest BCUT2D eigenvalue weighted by molar-refractivity contribution is 5.94. The van der Waals surface area contributed by atoms with Crippen LogP contribution in [-0.2, 0) is 4.74 Å². The van der Waals surface area contributed by atoms with Gasteiger partial charge in [0.25, 0.3) is 5.91 Å². The van der Waals surface area contributed by atoms with Crippen LogP contribution >= 0.6 is 0 Å². The summed E-state index contributed by atoms with van der Waals surface area (Å²) in [5, 5.41) is 3.16. The van der Waals surface area contributed by atoms with Crippen molar-refractivity contribution in [2.24, 2.45) is 0 Å². The predicted octanol–water partition coefficient (Wildman–Crippen LogP) is 1.35. The second kappa shape index (κ2) is 7.11. The Balaban J connectivity index is 1.56. The number of amides is 1. The molecule has 0 atom stereocenters. The smallest absolute Gasteiger partial charge is 0.251 e. The van der Waals surface area contributed by atoms with Crippen molar-refractivity contribution in [2.75, 3.05) is 51.3 Å². The van der Waals surface area contributed by atoms with Crippen LogP contribution in [0.1, 0.15) is 23.2 Å². The number of anilines is 1. The van der Waals surface area contributed by atoms with Crippen LogP contribution in [0.2, 0.25) is 0 Å².